The average molecular weight is 307 g/mol. The number of hydrogen-bond acceptors (Lipinski definition) is 4. The van der Waals surface area contributed by atoms with Gasteiger partial charge in [0.05, 0.1) is 0 Å². The Morgan fingerprint density at radius 2 is 1.86 bits per heavy atom. The van der Waals surface area contributed by atoms with Gasteiger partial charge in [-0.15, -0.1) is 0 Å². The number of nitrogens with two attached hydrogens (primary N) is 1. The molecule has 2 heterocycles. The highest BCUT2D eigenvalue weighted by Crippen LogP contribution is 2.17. The number of nitrogens with zero attached hydrogens (tertiary/aromatic N) is 4. The van der Waals surface area contributed by atoms with Crippen molar-refractivity contribution in [1.29, 1.82) is 0 Å². The zero-order chi connectivity index (χ0) is 16.6. The Labute approximate surface area is 129 Å². The van der Waals surface area contributed by atoms with Crippen molar-refractivity contribution in [3.05, 3.63) is 26.7 Å². The van der Waals surface area contributed by atoms with Gasteiger partial charge < -0.3 is 10.3 Å². The summed E-state index contributed by atoms with van der Waals surface area (Å²) in [6.07, 6.45) is 1.60. The first-order chi connectivity index (χ1) is 10.3. The van der Waals surface area contributed by atoms with Crippen LogP contribution in [0.4, 0.5) is 0 Å². The second kappa shape index (κ2) is 6.08. The van der Waals surface area contributed by atoms with Gasteiger partial charge in [-0.05, 0) is 26.7 Å². The highest BCUT2D eigenvalue weighted by atomic mass is 16.2. The Hall–Kier alpha value is -1.89. The van der Waals surface area contributed by atoms with E-state index in [4.69, 9.17) is 5.73 Å². The molecule has 2 aromatic rings. The highest BCUT2D eigenvalue weighted by molar-refractivity contribution is 5.71. The molecule has 2 atom stereocenters. The summed E-state index contributed by atoms with van der Waals surface area (Å²) in [7, 11) is 1.51. The van der Waals surface area contributed by atoms with Crippen LogP contribution in [0, 0.1) is 6.92 Å². The van der Waals surface area contributed by atoms with Gasteiger partial charge in [0.25, 0.3) is 5.56 Å². The van der Waals surface area contributed by atoms with Crippen LogP contribution in [-0.2, 0) is 13.6 Å². The number of imidazole rings is 1. The van der Waals surface area contributed by atoms with E-state index >= 15 is 0 Å². The summed E-state index contributed by atoms with van der Waals surface area (Å²) in [5.74, 6) is 0.707. The Kier molecular flexibility index (Phi) is 4.55. The standard InChI is InChI=1S/C15H25N5O2/c1-6-9(3)20-13-12(14(21)18(5)15(20)22)19(10(4)17-13)8-11(16)7-2/h9,11H,6-8,16H2,1-5H3. The molecule has 7 nitrogen and oxygen atoms in total. The van der Waals surface area contributed by atoms with Crippen LogP contribution >= 0.6 is 0 Å². The molecule has 0 aliphatic rings. The maximum absolute atomic E-state index is 12.6. The maximum atomic E-state index is 12.6. The van der Waals surface area contributed by atoms with Crippen molar-refractivity contribution in [2.24, 2.45) is 12.8 Å². The van der Waals surface area contributed by atoms with Crippen molar-refractivity contribution in [2.45, 2.75) is 59.2 Å². The monoisotopic (exact) mass is 307 g/mol. The predicted molar refractivity (Wildman–Crippen MR) is 87.2 cm³/mol. The molecular weight excluding hydrogens is 282 g/mol. The van der Waals surface area contributed by atoms with Crippen LogP contribution in [0.15, 0.2) is 9.59 Å². The van der Waals surface area contributed by atoms with Gasteiger partial charge >= 0.3 is 5.69 Å². The Bertz CT molecular complexity index is 799. The summed E-state index contributed by atoms with van der Waals surface area (Å²) in [5.41, 5.74) is 6.32. The molecule has 0 spiro atoms. The molecule has 2 rings (SSSR count). The molecule has 0 saturated heterocycles. The molecule has 0 aromatic carbocycles. The van der Waals surface area contributed by atoms with Crippen molar-refractivity contribution in [2.75, 3.05) is 0 Å². The molecule has 0 saturated carbocycles. The SMILES string of the molecule is CCC(N)Cn1c(C)nc2c1c(=O)n(C)c(=O)n2C(C)CC. The van der Waals surface area contributed by atoms with E-state index in [1.54, 1.807) is 4.57 Å². The van der Waals surface area contributed by atoms with E-state index in [2.05, 4.69) is 4.98 Å². The van der Waals surface area contributed by atoms with Gasteiger partial charge in [-0.1, -0.05) is 13.8 Å². The topological polar surface area (TPSA) is 87.8 Å². The first-order valence-corrected chi connectivity index (χ1v) is 7.77. The van der Waals surface area contributed by atoms with E-state index in [-0.39, 0.29) is 23.3 Å². The molecule has 2 N–H and O–H groups in total. The first kappa shape index (κ1) is 16.5. The van der Waals surface area contributed by atoms with Gasteiger partial charge in [-0.2, -0.15) is 0 Å². The minimum atomic E-state index is -0.323. The molecule has 122 valence electrons. The summed E-state index contributed by atoms with van der Waals surface area (Å²) in [6, 6.07) is -0.0748. The van der Waals surface area contributed by atoms with Gasteiger partial charge in [0.1, 0.15) is 5.82 Å². The second-order valence-electron chi connectivity index (χ2n) is 5.88. The molecule has 0 aliphatic carbocycles. The lowest BCUT2D eigenvalue weighted by Gasteiger charge is -2.16. The van der Waals surface area contributed by atoms with Crippen molar-refractivity contribution in [3.63, 3.8) is 0 Å². The van der Waals surface area contributed by atoms with E-state index in [1.165, 1.54) is 7.05 Å². The van der Waals surface area contributed by atoms with Crippen molar-refractivity contribution in [1.82, 2.24) is 18.7 Å². The number of rotatable bonds is 5. The number of hydrogen-bond donors (Lipinski definition) is 1. The summed E-state index contributed by atoms with van der Waals surface area (Å²) in [5, 5.41) is 0. The lowest BCUT2D eigenvalue weighted by molar-refractivity contribution is 0.498. The average Bonchev–Trinajstić information content (AvgIpc) is 2.81. The van der Waals surface area contributed by atoms with Crippen LogP contribution in [0.25, 0.3) is 11.2 Å². The zero-order valence-electron chi connectivity index (χ0n) is 14.0. The van der Waals surface area contributed by atoms with E-state index < -0.39 is 0 Å². The summed E-state index contributed by atoms with van der Waals surface area (Å²) in [4.78, 5) is 29.5. The van der Waals surface area contributed by atoms with Crippen LogP contribution in [0.2, 0.25) is 0 Å². The lowest BCUT2D eigenvalue weighted by Crippen LogP contribution is -2.40. The van der Waals surface area contributed by atoms with E-state index in [0.717, 1.165) is 17.4 Å². The van der Waals surface area contributed by atoms with Crippen LogP contribution < -0.4 is 17.0 Å². The molecule has 0 radical (unpaired) electrons. The third-order valence-corrected chi connectivity index (χ3v) is 4.34. The van der Waals surface area contributed by atoms with Crippen LogP contribution in [0.3, 0.4) is 0 Å². The van der Waals surface area contributed by atoms with E-state index in [0.29, 0.717) is 23.5 Å². The zero-order valence-corrected chi connectivity index (χ0v) is 14.0. The third kappa shape index (κ3) is 2.49. The number of aryl methyl sites for hydroxylation is 1. The largest absolute Gasteiger partial charge is 0.332 e. The quantitative estimate of drug-likeness (QED) is 0.889. The molecule has 22 heavy (non-hydrogen) atoms. The third-order valence-electron chi connectivity index (χ3n) is 4.34. The van der Waals surface area contributed by atoms with Crippen LogP contribution in [0.1, 0.15) is 45.5 Å². The number of aromatic nitrogens is 4. The molecule has 0 amide bonds. The predicted octanol–water partition coefficient (Wildman–Crippen LogP) is 0.913. The molecular formula is C15H25N5O2. The molecule has 2 unspecified atom stereocenters. The van der Waals surface area contributed by atoms with Gasteiger partial charge in [-0.25, -0.2) is 9.78 Å². The van der Waals surface area contributed by atoms with Gasteiger partial charge in [0.2, 0.25) is 0 Å². The molecule has 0 bridgehead atoms. The molecule has 0 fully saturated rings. The Balaban J connectivity index is 2.87. The Morgan fingerprint density at radius 1 is 1.23 bits per heavy atom. The first-order valence-electron chi connectivity index (χ1n) is 7.77. The fourth-order valence-corrected chi connectivity index (χ4v) is 2.59. The van der Waals surface area contributed by atoms with E-state index in [1.807, 2.05) is 32.3 Å². The van der Waals surface area contributed by atoms with Crippen molar-refractivity contribution in [3.8, 4) is 0 Å². The minimum Gasteiger partial charge on any atom is -0.326 e. The van der Waals surface area contributed by atoms with E-state index in [9.17, 15) is 9.59 Å². The van der Waals surface area contributed by atoms with Gasteiger partial charge in [0, 0.05) is 25.7 Å². The summed E-state index contributed by atoms with van der Waals surface area (Å²) >= 11 is 0. The fraction of sp³-hybridized carbons (Fsp3) is 0.667. The molecule has 7 heteroatoms. The second-order valence-corrected chi connectivity index (χ2v) is 5.88. The summed E-state index contributed by atoms with van der Waals surface area (Å²) < 4.78 is 4.60. The normalized spacial score (nSPS) is 14.5. The van der Waals surface area contributed by atoms with Crippen LogP contribution in [0.5, 0.6) is 0 Å². The minimum absolute atomic E-state index is 0.0237. The van der Waals surface area contributed by atoms with Crippen molar-refractivity contribution < 1.29 is 0 Å². The molecule has 0 aliphatic heterocycles. The Morgan fingerprint density at radius 3 is 2.41 bits per heavy atom. The molecule has 2 aromatic heterocycles. The number of fused-ring (bicyclic) bond motifs is 1. The van der Waals surface area contributed by atoms with Gasteiger partial charge in [-0.3, -0.25) is 13.9 Å². The highest BCUT2D eigenvalue weighted by Gasteiger charge is 2.21. The van der Waals surface area contributed by atoms with Crippen molar-refractivity contribution >= 4 is 11.2 Å². The van der Waals surface area contributed by atoms with Gasteiger partial charge in [0.15, 0.2) is 11.2 Å². The maximum Gasteiger partial charge on any atom is 0.332 e. The smallest absolute Gasteiger partial charge is 0.326 e. The van der Waals surface area contributed by atoms with Crippen LogP contribution in [-0.4, -0.2) is 24.7 Å². The fourth-order valence-electron chi connectivity index (χ4n) is 2.59. The lowest BCUT2D eigenvalue weighted by atomic mass is 10.2. The summed E-state index contributed by atoms with van der Waals surface area (Å²) in [6.45, 7) is 8.33.